The van der Waals surface area contributed by atoms with Crippen LogP contribution < -0.4 is 0 Å². The molecule has 0 rings (SSSR count). The van der Waals surface area contributed by atoms with Gasteiger partial charge in [-0.1, -0.05) is 26.7 Å². The van der Waals surface area contributed by atoms with Crippen molar-refractivity contribution in [1.82, 2.24) is 0 Å². The number of aliphatic hydroxyl groups is 1. The van der Waals surface area contributed by atoms with E-state index in [9.17, 15) is 13.5 Å². The summed E-state index contributed by atoms with van der Waals surface area (Å²) >= 11 is 0. The molecule has 0 amide bonds. The maximum absolute atomic E-state index is 10.8. The summed E-state index contributed by atoms with van der Waals surface area (Å²) in [6.45, 7) is 4.10. The zero-order chi connectivity index (χ0) is 11.2. The first-order valence-corrected chi connectivity index (χ1v) is 7.32. The topological polar surface area (TPSA) is 54.4 Å². The molecule has 0 bridgehead atoms. The molecule has 4 heteroatoms. The highest BCUT2D eigenvalue weighted by Crippen LogP contribution is 2.17. The Labute approximate surface area is 87.4 Å². The molecule has 0 aliphatic rings. The highest BCUT2D eigenvalue weighted by atomic mass is 32.2. The van der Waals surface area contributed by atoms with Gasteiger partial charge in [0.15, 0.2) is 0 Å². The zero-order valence-corrected chi connectivity index (χ0v) is 10.2. The molecule has 0 saturated carbocycles. The lowest BCUT2D eigenvalue weighted by Crippen LogP contribution is -2.20. The lowest BCUT2D eigenvalue weighted by molar-refractivity contribution is 0.0937. The zero-order valence-electron chi connectivity index (χ0n) is 9.36. The third-order valence-corrected chi connectivity index (χ3v) is 3.64. The Morgan fingerprint density at radius 2 is 1.71 bits per heavy atom. The molecule has 0 aromatic heterocycles. The maximum Gasteiger partial charge on any atom is 0.147 e. The van der Waals surface area contributed by atoms with E-state index in [4.69, 9.17) is 0 Å². The van der Waals surface area contributed by atoms with Crippen LogP contribution in [0, 0.1) is 5.92 Å². The van der Waals surface area contributed by atoms with Crippen LogP contribution in [0.3, 0.4) is 0 Å². The minimum absolute atomic E-state index is 0.185. The monoisotopic (exact) mass is 222 g/mol. The first-order valence-electron chi connectivity index (χ1n) is 5.26. The minimum atomic E-state index is -2.87. The summed E-state index contributed by atoms with van der Waals surface area (Å²) in [4.78, 5) is 0. The SMILES string of the molecule is CCC(CC)C(O)CCCS(C)(=O)=O. The van der Waals surface area contributed by atoms with Crippen molar-refractivity contribution in [1.29, 1.82) is 0 Å². The third-order valence-electron chi connectivity index (χ3n) is 2.61. The third kappa shape index (κ3) is 6.38. The van der Waals surface area contributed by atoms with Crippen LogP contribution in [0.15, 0.2) is 0 Å². The van der Waals surface area contributed by atoms with Crippen molar-refractivity contribution in [2.45, 2.75) is 45.6 Å². The minimum Gasteiger partial charge on any atom is -0.393 e. The van der Waals surface area contributed by atoms with Gasteiger partial charge in [0.1, 0.15) is 9.84 Å². The molecular formula is C10H22O3S. The predicted octanol–water partition coefficient (Wildman–Crippen LogP) is 1.61. The van der Waals surface area contributed by atoms with E-state index in [0.717, 1.165) is 12.8 Å². The molecular weight excluding hydrogens is 200 g/mol. The van der Waals surface area contributed by atoms with Crippen LogP contribution in [0.2, 0.25) is 0 Å². The van der Waals surface area contributed by atoms with Crippen molar-refractivity contribution < 1.29 is 13.5 Å². The number of sulfone groups is 1. The molecule has 0 heterocycles. The Balaban J connectivity index is 3.78. The number of hydrogen-bond donors (Lipinski definition) is 1. The summed E-state index contributed by atoms with van der Waals surface area (Å²) in [6, 6.07) is 0. The Morgan fingerprint density at radius 1 is 1.21 bits per heavy atom. The Hall–Kier alpha value is -0.0900. The molecule has 14 heavy (non-hydrogen) atoms. The fraction of sp³-hybridized carbons (Fsp3) is 1.00. The molecule has 1 N–H and O–H groups in total. The molecule has 0 aromatic carbocycles. The van der Waals surface area contributed by atoms with Crippen molar-refractivity contribution in [2.75, 3.05) is 12.0 Å². The lowest BCUT2D eigenvalue weighted by atomic mass is 9.94. The lowest BCUT2D eigenvalue weighted by Gasteiger charge is -2.19. The highest BCUT2D eigenvalue weighted by Gasteiger charge is 2.15. The van der Waals surface area contributed by atoms with Gasteiger partial charge in [0, 0.05) is 12.0 Å². The molecule has 1 atom stereocenters. The van der Waals surface area contributed by atoms with E-state index in [0.29, 0.717) is 18.8 Å². The van der Waals surface area contributed by atoms with Gasteiger partial charge in [0.25, 0.3) is 0 Å². The quantitative estimate of drug-likeness (QED) is 0.712. The molecule has 0 aliphatic carbocycles. The summed E-state index contributed by atoms with van der Waals surface area (Å²) in [5, 5.41) is 9.71. The van der Waals surface area contributed by atoms with Crippen molar-refractivity contribution in [2.24, 2.45) is 5.92 Å². The van der Waals surface area contributed by atoms with E-state index in [1.807, 2.05) is 13.8 Å². The molecule has 1 unspecified atom stereocenters. The predicted molar refractivity (Wildman–Crippen MR) is 59.0 cm³/mol. The molecule has 3 nitrogen and oxygen atoms in total. The van der Waals surface area contributed by atoms with Crippen LogP contribution in [0.4, 0.5) is 0 Å². The van der Waals surface area contributed by atoms with Crippen molar-refractivity contribution >= 4 is 9.84 Å². The first-order chi connectivity index (χ1) is 6.40. The Bertz CT molecular complexity index is 230. The van der Waals surface area contributed by atoms with Gasteiger partial charge >= 0.3 is 0 Å². The van der Waals surface area contributed by atoms with Gasteiger partial charge in [-0.25, -0.2) is 8.42 Å². The summed E-state index contributed by atoms with van der Waals surface area (Å²) in [5.41, 5.74) is 0. The summed E-state index contributed by atoms with van der Waals surface area (Å²) in [5.74, 6) is 0.499. The van der Waals surface area contributed by atoms with Crippen molar-refractivity contribution in [3.05, 3.63) is 0 Å². The standard InChI is InChI=1S/C10H22O3S/c1-4-9(5-2)10(11)7-6-8-14(3,12)13/h9-11H,4-8H2,1-3H3. The van der Waals surface area contributed by atoms with Gasteiger partial charge in [0.2, 0.25) is 0 Å². The second-order valence-corrected chi connectivity index (χ2v) is 6.18. The molecule has 0 spiro atoms. The van der Waals surface area contributed by atoms with Gasteiger partial charge in [0.05, 0.1) is 6.10 Å². The van der Waals surface area contributed by atoms with E-state index in [-0.39, 0.29) is 11.9 Å². The van der Waals surface area contributed by atoms with Crippen LogP contribution in [0.5, 0.6) is 0 Å². The average Bonchev–Trinajstić information content (AvgIpc) is 2.04. The smallest absolute Gasteiger partial charge is 0.147 e. The van der Waals surface area contributed by atoms with Crippen LogP contribution in [0.25, 0.3) is 0 Å². The van der Waals surface area contributed by atoms with Crippen molar-refractivity contribution in [3.8, 4) is 0 Å². The van der Waals surface area contributed by atoms with Crippen LogP contribution in [-0.4, -0.2) is 31.6 Å². The van der Waals surface area contributed by atoms with Crippen LogP contribution >= 0.6 is 0 Å². The molecule has 86 valence electrons. The van der Waals surface area contributed by atoms with E-state index in [2.05, 4.69) is 0 Å². The van der Waals surface area contributed by atoms with Gasteiger partial charge < -0.3 is 5.11 Å². The van der Waals surface area contributed by atoms with Gasteiger partial charge in [-0.3, -0.25) is 0 Å². The fourth-order valence-corrected chi connectivity index (χ4v) is 2.31. The second kappa shape index (κ2) is 6.40. The number of rotatable bonds is 7. The van der Waals surface area contributed by atoms with Gasteiger partial charge in [-0.05, 0) is 18.8 Å². The maximum atomic E-state index is 10.8. The Kier molecular flexibility index (Phi) is 6.36. The van der Waals surface area contributed by atoms with Crippen LogP contribution in [-0.2, 0) is 9.84 Å². The number of aliphatic hydroxyl groups excluding tert-OH is 1. The van der Waals surface area contributed by atoms with E-state index in [1.165, 1.54) is 6.26 Å². The van der Waals surface area contributed by atoms with E-state index in [1.54, 1.807) is 0 Å². The molecule has 0 aliphatic heterocycles. The first kappa shape index (κ1) is 13.9. The highest BCUT2D eigenvalue weighted by molar-refractivity contribution is 7.90. The Morgan fingerprint density at radius 3 is 2.07 bits per heavy atom. The molecule has 0 fully saturated rings. The van der Waals surface area contributed by atoms with Gasteiger partial charge in [-0.15, -0.1) is 0 Å². The van der Waals surface area contributed by atoms with E-state index >= 15 is 0 Å². The van der Waals surface area contributed by atoms with Gasteiger partial charge in [-0.2, -0.15) is 0 Å². The number of hydrogen-bond acceptors (Lipinski definition) is 3. The molecule has 0 radical (unpaired) electrons. The summed E-state index contributed by atoms with van der Waals surface area (Å²) < 4.78 is 21.7. The van der Waals surface area contributed by atoms with Crippen LogP contribution in [0.1, 0.15) is 39.5 Å². The summed E-state index contributed by atoms with van der Waals surface area (Å²) in [6.07, 6.45) is 3.96. The second-order valence-electron chi connectivity index (χ2n) is 3.92. The summed E-state index contributed by atoms with van der Waals surface area (Å²) in [7, 11) is -2.87. The van der Waals surface area contributed by atoms with Crippen molar-refractivity contribution in [3.63, 3.8) is 0 Å². The fourth-order valence-electron chi connectivity index (χ4n) is 1.62. The normalized spacial score (nSPS) is 14.6. The molecule has 0 aromatic rings. The average molecular weight is 222 g/mol. The molecule has 0 saturated heterocycles. The van der Waals surface area contributed by atoms with E-state index < -0.39 is 9.84 Å². The largest absolute Gasteiger partial charge is 0.393 e.